The van der Waals surface area contributed by atoms with Crippen molar-refractivity contribution in [3.63, 3.8) is 0 Å². The summed E-state index contributed by atoms with van der Waals surface area (Å²) in [6.45, 7) is 5.96. The monoisotopic (exact) mass is 316 g/mol. The van der Waals surface area contributed by atoms with Crippen LogP contribution in [0.15, 0.2) is 22.7 Å². The van der Waals surface area contributed by atoms with Crippen LogP contribution in [0, 0.1) is 0 Å². The minimum absolute atomic E-state index is 0.181. The summed E-state index contributed by atoms with van der Waals surface area (Å²) in [5.41, 5.74) is 1.15. The molecule has 0 bridgehead atoms. The third-order valence-electron chi connectivity index (χ3n) is 2.40. The van der Waals surface area contributed by atoms with E-state index in [1.165, 1.54) is 0 Å². The lowest BCUT2D eigenvalue weighted by Crippen LogP contribution is -2.28. The normalized spacial score (nSPS) is 10.6. The Labute approximate surface area is 117 Å². The van der Waals surface area contributed by atoms with Gasteiger partial charge >= 0.3 is 0 Å². The van der Waals surface area contributed by atoms with Gasteiger partial charge in [-0.15, -0.1) is 0 Å². The van der Waals surface area contributed by atoms with Crippen molar-refractivity contribution in [3.05, 3.63) is 28.2 Å². The first-order valence-electron chi connectivity index (χ1n) is 6.21. The van der Waals surface area contributed by atoms with E-state index in [4.69, 9.17) is 9.84 Å². The third-order valence-corrected chi connectivity index (χ3v) is 2.90. The standard InChI is InChI=1S/C13H21BrN2O2/c1-2-18-13-4-3-12(14)9-11(13)10-16-6-5-15-7-8-17/h3-4,9,15-17H,2,5-8,10H2,1H3. The molecule has 0 saturated heterocycles. The lowest BCUT2D eigenvalue weighted by atomic mass is 10.2. The van der Waals surface area contributed by atoms with Crippen molar-refractivity contribution in [1.82, 2.24) is 10.6 Å². The number of hydrogen-bond acceptors (Lipinski definition) is 4. The van der Waals surface area contributed by atoms with Gasteiger partial charge in [-0.1, -0.05) is 15.9 Å². The fourth-order valence-corrected chi connectivity index (χ4v) is 1.99. The van der Waals surface area contributed by atoms with Crippen LogP contribution < -0.4 is 15.4 Å². The maximum absolute atomic E-state index is 8.62. The van der Waals surface area contributed by atoms with Crippen LogP contribution in [0.5, 0.6) is 5.75 Å². The molecule has 0 unspecified atom stereocenters. The Morgan fingerprint density at radius 2 is 2.00 bits per heavy atom. The van der Waals surface area contributed by atoms with E-state index in [2.05, 4.69) is 32.6 Å². The summed E-state index contributed by atoms with van der Waals surface area (Å²) >= 11 is 3.47. The molecule has 1 rings (SSSR count). The first-order valence-corrected chi connectivity index (χ1v) is 7.00. The van der Waals surface area contributed by atoms with Gasteiger partial charge in [0.2, 0.25) is 0 Å². The molecule has 18 heavy (non-hydrogen) atoms. The van der Waals surface area contributed by atoms with E-state index in [-0.39, 0.29) is 6.61 Å². The van der Waals surface area contributed by atoms with Crippen molar-refractivity contribution in [1.29, 1.82) is 0 Å². The average Bonchev–Trinajstić information content (AvgIpc) is 2.37. The van der Waals surface area contributed by atoms with Gasteiger partial charge in [-0.05, 0) is 25.1 Å². The second-order valence-corrected chi connectivity index (χ2v) is 4.75. The van der Waals surface area contributed by atoms with Crippen LogP contribution in [-0.4, -0.2) is 38.0 Å². The van der Waals surface area contributed by atoms with E-state index < -0.39 is 0 Å². The number of halogens is 1. The Hall–Kier alpha value is -0.620. The Balaban J connectivity index is 2.37. The molecule has 0 aliphatic rings. The minimum Gasteiger partial charge on any atom is -0.494 e. The molecule has 0 fully saturated rings. The van der Waals surface area contributed by atoms with Crippen molar-refractivity contribution in [2.45, 2.75) is 13.5 Å². The molecule has 102 valence electrons. The van der Waals surface area contributed by atoms with Gasteiger partial charge in [0.1, 0.15) is 5.75 Å². The minimum atomic E-state index is 0.181. The zero-order chi connectivity index (χ0) is 13.2. The second-order valence-electron chi connectivity index (χ2n) is 3.84. The molecule has 0 aliphatic carbocycles. The van der Waals surface area contributed by atoms with E-state index in [0.29, 0.717) is 13.2 Å². The summed E-state index contributed by atoms with van der Waals surface area (Å²) in [6, 6.07) is 6.03. The molecule has 5 heteroatoms. The first-order chi connectivity index (χ1) is 8.77. The largest absolute Gasteiger partial charge is 0.494 e. The summed E-state index contributed by atoms with van der Waals surface area (Å²) in [6.07, 6.45) is 0. The van der Waals surface area contributed by atoms with Gasteiger partial charge in [-0.3, -0.25) is 0 Å². The molecule has 0 aliphatic heterocycles. The van der Waals surface area contributed by atoms with Crippen molar-refractivity contribution in [2.24, 2.45) is 0 Å². The van der Waals surface area contributed by atoms with Crippen LogP contribution >= 0.6 is 15.9 Å². The SMILES string of the molecule is CCOc1ccc(Br)cc1CNCCNCCO. The van der Waals surface area contributed by atoms with Crippen molar-refractivity contribution >= 4 is 15.9 Å². The number of nitrogens with one attached hydrogen (secondary N) is 2. The summed E-state index contributed by atoms with van der Waals surface area (Å²) < 4.78 is 6.63. The number of hydrogen-bond donors (Lipinski definition) is 3. The maximum atomic E-state index is 8.62. The molecule has 1 aromatic rings. The summed E-state index contributed by atoms with van der Waals surface area (Å²) in [5, 5.41) is 15.1. The van der Waals surface area contributed by atoms with Crippen LogP contribution in [0.1, 0.15) is 12.5 Å². The summed E-state index contributed by atoms with van der Waals surface area (Å²) in [5.74, 6) is 0.927. The maximum Gasteiger partial charge on any atom is 0.123 e. The molecule has 0 radical (unpaired) electrons. The van der Waals surface area contributed by atoms with Crippen LogP contribution in [0.25, 0.3) is 0 Å². The molecule has 4 nitrogen and oxygen atoms in total. The number of rotatable bonds is 9. The van der Waals surface area contributed by atoms with Gasteiger partial charge in [-0.25, -0.2) is 0 Å². The Morgan fingerprint density at radius 3 is 2.72 bits per heavy atom. The Kier molecular flexibility index (Phi) is 8.00. The fraction of sp³-hybridized carbons (Fsp3) is 0.538. The fourth-order valence-electron chi connectivity index (χ4n) is 1.59. The van der Waals surface area contributed by atoms with Gasteiger partial charge in [0.15, 0.2) is 0 Å². The Bertz CT molecular complexity index is 348. The number of benzene rings is 1. The van der Waals surface area contributed by atoms with Gasteiger partial charge in [0.05, 0.1) is 13.2 Å². The molecule has 1 aromatic carbocycles. The smallest absolute Gasteiger partial charge is 0.123 e. The predicted molar refractivity (Wildman–Crippen MR) is 77.0 cm³/mol. The molecule has 0 aromatic heterocycles. The van der Waals surface area contributed by atoms with Crippen LogP contribution in [0.2, 0.25) is 0 Å². The number of aliphatic hydroxyl groups excluding tert-OH is 1. The molecular weight excluding hydrogens is 296 g/mol. The summed E-state index contributed by atoms with van der Waals surface area (Å²) in [7, 11) is 0. The van der Waals surface area contributed by atoms with Gasteiger partial charge in [-0.2, -0.15) is 0 Å². The lowest BCUT2D eigenvalue weighted by Gasteiger charge is -2.11. The van der Waals surface area contributed by atoms with E-state index in [1.54, 1.807) is 0 Å². The quantitative estimate of drug-likeness (QED) is 0.605. The molecule has 0 saturated carbocycles. The summed E-state index contributed by atoms with van der Waals surface area (Å²) in [4.78, 5) is 0. The highest BCUT2D eigenvalue weighted by Gasteiger charge is 2.03. The van der Waals surface area contributed by atoms with E-state index in [9.17, 15) is 0 Å². The molecule has 3 N–H and O–H groups in total. The molecule has 0 amide bonds. The van der Waals surface area contributed by atoms with Crippen LogP contribution in [-0.2, 0) is 6.54 Å². The topological polar surface area (TPSA) is 53.5 Å². The Morgan fingerprint density at radius 1 is 1.22 bits per heavy atom. The first kappa shape index (κ1) is 15.4. The van der Waals surface area contributed by atoms with E-state index >= 15 is 0 Å². The molecular formula is C13H21BrN2O2. The van der Waals surface area contributed by atoms with Crippen LogP contribution in [0.4, 0.5) is 0 Å². The predicted octanol–water partition coefficient (Wildman–Crippen LogP) is 1.52. The van der Waals surface area contributed by atoms with Crippen molar-refractivity contribution < 1.29 is 9.84 Å². The third kappa shape index (κ3) is 5.82. The van der Waals surface area contributed by atoms with E-state index in [1.807, 2.05) is 19.1 Å². The number of aliphatic hydroxyl groups is 1. The zero-order valence-corrected chi connectivity index (χ0v) is 12.3. The highest BCUT2D eigenvalue weighted by atomic mass is 79.9. The lowest BCUT2D eigenvalue weighted by molar-refractivity contribution is 0.292. The van der Waals surface area contributed by atoms with Gasteiger partial charge in [0, 0.05) is 36.2 Å². The highest BCUT2D eigenvalue weighted by molar-refractivity contribution is 9.10. The molecule has 0 atom stereocenters. The van der Waals surface area contributed by atoms with Crippen molar-refractivity contribution in [3.8, 4) is 5.75 Å². The second kappa shape index (κ2) is 9.33. The molecule has 0 spiro atoms. The van der Waals surface area contributed by atoms with Crippen molar-refractivity contribution in [2.75, 3.05) is 32.8 Å². The highest BCUT2D eigenvalue weighted by Crippen LogP contribution is 2.23. The number of ether oxygens (including phenoxy) is 1. The van der Waals surface area contributed by atoms with Gasteiger partial charge in [0.25, 0.3) is 0 Å². The molecule has 0 heterocycles. The van der Waals surface area contributed by atoms with E-state index in [0.717, 1.165) is 35.4 Å². The zero-order valence-electron chi connectivity index (χ0n) is 10.7. The average molecular weight is 317 g/mol. The van der Waals surface area contributed by atoms with Gasteiger partial charge < -0.3 is 20.5 Å². The van der Waals surface area contributed by atoms with Crippen LogP contribution in [0.3, 0.4) is 0 Å².